The molecule has 0 amide bonds. The van der Waals surface area contributed by atoms with E-state index in [9.17, 15) is 8.78 Å². The third-order valence-electron chi connectivity index (χ3n) is 0.176. The van der Waals surface area contributed by atoms with E-state index in [1.54, 1.807) is 0 Å². The summed E-state index contributed by atoms with van der Waals surface area (Å²) in [5.74, 6) is -1.69. The Morgan fingerprint density at radius 1 is 2.17 bits per heavy atom. The average Bonchev–Trinajstić information content (AvgIpc) is 1.65. The van der Waals surface area contributed by atoms with Crippen molar-refractivity contribution >= 4 is 0 Å². The van der Waals surface area contributed by atoms with E-state index in [0.29, 0.717) is 0 Å². The maximum atomic E-state index is 11.2. The molecule has 0 radical (unpaired) electrons. The molecule has 0 aliphatic rings. The molecule has 1 nitrogen and oxygen atoms in total. The van der Waals surface area contributed by atoms with E-state index < -0.39 is 12.3 Å². The highest BCUT2D eigenvalue weighted by Crippen LogP contribution is 1.94. The summed E-state index contributed by atoms with van der Waals surface area (Å²) in [7, 11) is 0. The highest BCUT2D eigenvalue weighted by atomic mass is 19.2. The summed E-state index contributed by atoms with van der Waals surface area (Å²) in [6.45, 7) is 5.77. The van der Waals surface area contributed by atoms with Crippen LogP contribution >= 0.6 is 0 Å². The third kappa shape index (κ3) is 1.41. The Morgan fingerprint density at radius 3 is 2.67 bits per heavy atom. The van der Waals surface area contributed by atoms with Gasteiger partial charge in [-0.05, 0) is 0 Å². The van der Waals surface area contributed by atoms with Gasteiger partial charge in [-0.25, -0.2) is 13.6 Å². The second kappa shape index (κ2) is 2.33. The summed E-state index contributed by atoms with van der Waals surface area (Å²) in [6.07, 6.45) is -1.81. The van der Waals surface area contributed by atoms with Crippen LogP contribution in [0.5, 0.6) is 0 Å². The van der Waals surface area contributed by atoms with Crippen molar-refractivity contribution in [2.45, 2.75) is 0 Å². The van der Waals surface area contributed by atoms with E-state index >= 15 is 0 Å². The van der Waals surface area contributed by atoms with Crippen LogP contribution in [0.15, 0.2) is 12.3 Å². The molecule has 0 bridgehead atoms. The van der Waals surface area contributed by atoms with Crippen LogP contribution in [0, 0.1) is 6.57 Å². The predicted octanol–water partition coefficient (Wildman–Crippen LogP) is 1.64. The van der Waals surface area contributed by atoms with E-state index in [2.05, 4.69) is 0 Å². The maximum absolute atomic E-state index is 11.2. The second-order valence-electron chi connectivity index (χ2n) is 0.497. The first-order valence-electron chi connectivity index (χ1n) is 1.58. The van der Waals surface area contributed by atoms with Crippen molar-refractivity contribution in [3.05, 3.63) is 23.7 Å². The molecule has 0 spiro atoms. The monoisotopic (exact) mass is 90.0 g/mol. The van der Waals surface area contributed by atoms with Gasteiger partial charge >= 0.3 is 5.95 Å². The van der Waals surface area contributed by atoms with Crippen LogP contribution in [-0.4, -0.2) is 0 Å². The molecule has 0 aromatic carbocycles. The molecule has 0 fully saturated rings. The molecule has 0 rings (SSSR count). The van der Waals surface area contributed by atoms with E-state index in [4.69, 9.17) is 7.94 Å². The van der Waals surface area contributed by atoms with Gasteiger partial charge in [0.15, 0.2) is 0 Å². The first-order valence-corrected chi connectivity index (χ1v) is 1.08. The van der Waals surface area contributed by atoms with Crippen molar-refractivity contribution in [2.24, 2.45) is 0 Å². The third-order valence-corrected chi connectivity index (χ3v) is 0.176. The first kappa shape index (κ1) is 3.29. The summed E-state index contributed by atoms with van der Waals surface area (Å²) >= 11 is 0. The molecule has 0 atom stereocenters. The number of hydrogen-bond donors (Lipinski definition) is 0. The SMILES string of the molecule is [2H]/C(F)=C(\F)[N+]#[C-]. The summed E-state index contributed by atoms with van der Waals surface area (Å²) < 4.78 is 28.1. The summed E-state index contributed by atoms with van der Waals surface area (Å²) in [5, 5.41) is 0. The number of halogens is 2. The zero-order valence-electron chi connectivity index (χ0n) is 3.70. The lowest BCUT2D eigenvalue weighted by Crippen LogP contribution is -1.47. The molecule has 0 unspecified atom stereocenters. The van der Waals surface area contributed by atoms with Crippen LogP contribution in [0.2, 0.25) is 0 Å². The molecule has 3 heteroatoms. The number of hydrogen-bond acceptors (Lipinski definition) is 0. The zero-order chi connectivity index (χ0) is 5.86. The molecular formula is C3HF2N. The van der Waals surface area contributed by atoms with E-state index in [1.165, 1.54) is 0 Å². The van der Waals surface area contributed by atoms with Crippen molar-refractivity contribution in [3.8, 4) is 0 Å². The minimum absolute atomic E-state index is 1.69. The van der Waals surface area contributed by atoms with Crippen LogP contribution in [0.25, 0.3) is 4.85 Å². The summed E-state index contributed by atoms with van der Waals surface area (Å²) in [6, 6.07) is 0. The van der Waals surface area contributed by atoms with Gasteiger partial charge in [0, 0.05) is 0 Å². The van der Waals surface area contributed by atoms with Crippen molar-refractivity contribution in [3.63, 3.8) is 0 Å². The topological polar surface area (TPSA) is 4.36 Å². The molecular weight excluding hydrogens is 88.0 g/mol. The Labute approximate surface area is 35.1 Å². The Bertz CT molecular complexity index is 130. The van der Waals surface area contributed by atoms with Crippen LogP contribution in [-0.2, 0) is 0 Å². The lowest BCUT2D eigenvalue weighted by Gasteiger charge is -1.64. The van der Waals surface area contributed by atoms with E-state index in [1.807, 2.05) is 4.85 Å². The van der Waals surface area contributed by atoms with E-state index in [-0.39, 0.29) is 0 Å². The highest BCUT2D eigenvalue weighted by Gasteiger charge is 1.81. The van der Waals surface area contributed by atoms with Gasteiger partial charge < -0.3 is 0 Å². The van der Waals surface area contributed by atoms with Crippen LogP contribution in [0.4, 0.5) is 8.78 Å². The van der Waals surface area contributed by atoms with E-state index in [0.717, 1.165) is 0 Å². The summed E-state index contributed by atoms with van der Waals surface area (Å²) in [5.41, 5.74) is 0. The quantitative estimate of drug-likeness (QED) is 0.314. The second-order valence-corrected chi connectivity index (χ2v) is 0.497. The van der Waals surface area contributed by atoms with Gasteiger partial charge in [-0.15, -0.1) is 0 Å². The van der Waals surface area contributed by atoms with Gasteiger partial charge in [-0.1, -0.05) is 0 Å². The lowest BCUT2D eigenvalue weighted by molar-refractivity contribution is 0.605. The Balaban J connectivity index is 4.07. The van der Waals surface area contributed by atoms with Crippen LogP contribution in [0.3, 0.4) is 0 Å². The van der Waals surface area contributed by atoms with Crippen molar-refractivity contribution in [1.82, 2.24) is 0 Å². The normalized spacial score (nSPS) is 14.5. The Kier molecular flexibility index (Phi) is 1.28. The van der Waals surface area contributed by atoms with Crippen molar-refractivity contribution < 1.29 is 10.2 Å². The molecule has 0 saturated carbocycles. The fourth-order valence-electron chi connectivity index (χ4n) is 0.0211. The maximum Gasteiger partial charge on any atom is 0.359 e. The Hall–Kier alpha value is -0.910. The molecule has 0 N–H and O–H groups in total. The molecule has 0 saturated heterocycles. The van der Waals surface area contributed by atoms with Gasteiger partial charge in [0.25, 0.3) is 0 Å². The Morgan fingerprint density at radius 2 is 2.67 bits per heavy atom. The average molecular weight is 90.1 g/mol. The van der Waals surface area contributed by atoms with Crippen molar-refractivity contribution in [1.29, 1.82) is 0 Å². The fourth-order valence-corrected chi connectivity index (χ4v) is 0.0211. The smallest absolute Gasteiger partial charge is 0.234 e. The molecule has 32 valence electrons. The molecule has 0 aliphatic carbocycles. The van der Waals surface area contributed by atoms with Gasteiger partial charge in [-0.3, -0.25) is 0 Å². The largest absolute Gasteiger partial charge is 0.359 e. The predicted molar refractivity (Wildman–Crippen MR) is 16.9 cm³/mol. The standard InChI is InChI=1S/C3HF2N/c1-6-3(5)2-4/h2H/b3-2-/i2D. The van der Waals surface area contributed by atoms with Crippen LogP contribution < -0.4 is 0 Å². The first-order chi connectivity index (χ1) is 3.18. The molecule has 0 aliphatic heterocycles. The number of rotatable bonds is 0. The summed E-state index contributed by atoms with van der Waals surface area (Å²) in [4.78, 5) is 1.99. The van der Waals surface area contributed by atoms with Gasteiger partial charge in [0.2, 0.25) is 0 Å². The molecule has 0 heterocycles. The van der Waals surface area contributed by atoms with Gasteiger partial charge in [-0.2, -0.15) is 0 Å². The minimum atomic E-state index is -1.81. The zero-order valence-corrected chi connectivity index (χ0v) is 2.70. The fraction of sp³-hybridized carbons (Fsp3) is 0. The highest BCUT2D eigenvalue weighted by molar-refractivity contribution is 4.93. The number of nitrogens with zero attached hydrogens (tertiary/aromatic N) is 1. The molecule has 0 aromatic rings. The van der Waals surface area contributed by atoms with Crippen LogP contribution in [0.1, 0.15) is 1.37 Å². The van der Waals surface area contributed by atoms with Gasteiger partial charge in [0.1, 0.15) is 6.31 Å². The lowest BCUT2D eigenvalue weighted by atomic mass is 11.0. The van der Waals surface area contributed by atoms with Crippen molar-refractivity contribution in [2.75, 3.05) is 0 Å². The minimum Gasteiger partial charge on any atom is -0.234 e. The molecule has 6 heavy (non-hydrogen) atoms. The molecule has 0 aromatic heterocycles. The van der Waals surface area contributed by atoms with Gasteiger partial charge in [0.05, 0.1) is 7.94 Å².